The molecule has 0 radical (unpaired) electrons. The minimum Gasteiger partial charge on any atom is -0.497 e. The quantitative estimate of drug-likeness (QED) is 0.763. The first-order valence-electron chi connectivity index (χ1n) is 5.14. The van der Waals surface area contributed by atoms with Crippen LogP contribution in [0.5, 0.6) is 5.75 Å². The number of hydrogen-bond donors (Lipinski definition) is 0. The molecule has 0 atom stereocenters. The van der Waals surface area contributed by atoms with E-state index in [9.17, 15) is 0 Å². The Balaban J connectivity index is 2.29. The van der Waals surface area contributed by atoms with Crippen LogP contribution >= 0.6 is 11.3 Å². The van der Waals surface area contributed by atoms with Crippen molar-refractivity contribution in [2.75, 3.05) is 7.11 Å². The van der Waals surface area contributed by atoms with Crippen molar-refractivity contribution >= 4 is 23.0 Å². The molecule has 0 unspecified atom stereocenters. The molecule has 1 aromatic heterocycles. The topological polar surface area (TPSA) is 9.23 Å². The van der Waals surface area contributed by atoms with Gasteiger partial charge in [-0.1, -0.05) is 18.2 Å². The highest BCUT2D eigenvalue weighted by atomic mass is 32.1. The van der Waals surface area contributed by atoms with Gasteiger partial charge in [-0.2, -0.15) is 11.3 Å². The van der Waals surface area contributed by atoms with E-state index < -0.39 is 0 Å². The molecule has 0 saturated heterocycles. The van der Waals surface area contributed by atoms with Gasteiger partial charge in [0.25, 0.3) is 0 Å². The summed E-state index contributed by atoms with van der Waals surface area (Å²) in [5.41, 5.74) is 3.70. The van der Waals surface area contributed by atoms with Gasteiger partial charge >= 0.3 is 0 Å². The maximum Gasteiger partial charge on any atom is 0.119 e. The van der Waals surface area contributed by atoms with Gasteiger partial charge in [0.2, 0.25) is 0 Å². The highest BCUT2D eigenvalue weighted by molar-refractivity contribution is 7.08. The standard InChI is InChI=1S/C14H14OS/c1-11(8-12-6-7-16-10-12)13-4-3-5-14(9-13)15-2/h3-10H,1-2H3/b11-8+. The Labute approximate surface area is 100 Å². The zero-order chi connectivity index (χ0) is 11.4. The van der Waals surface area contributed by atoms with E-state index >= 15 is 0 Å². The van der Waals surface area contributed by atoms with Gasteiger partial charge in [-0.25, -0.2) is 0 Å². The monoisotopic (exact) mass is 230 g/mol. The highest BCUT2D eigenvalue weighted by Gasteiger charge is 1.98. The molecular weight excluding hydrogens is 216 g/mol. The number of thiophene rings is 1. The van der Waals surface area contributed by atoms with Gasteiger partial charge in [0.15, 0.2) is 0 Å². The van der Waals surface area contributed by atoms with Crippen LogP contribution in [0.4, 0.5) is 0 Å². The van der Waals surface area contributed by atoms with Crippen molar-refractivity contribution in [3.05, 3.63) is 52.2 Å². The SMILES string of the molecule is COc1cccc(/C(C)=C/c2ccsc2)c1. The molecular formula is C14H14OS. The van der Waals surface area contributed by atoms with E-state index in [0.717, 1.165) is 5.75 Å². The molecule has 0 spiro atoms. The molecule has 2 aromatic rings. The summed E-state index contributed by atoms with van der Waals surface area (Å²) >= 11 is 1.72. The Hall–Kier alpha value is -1.54. The average Bonchev–Trinajstić information content (AvgIpc) is 2.82. The number of rotatable bonds is 3. The summed E-state index contributed by atoms with van der Waals surface area (Å²) in [5.74, 6) is 0.899. The summed E-state index contributed by atoms with van der Waals surface area (Å²) in [6, 6.07) is 10.2. The molecule has 0 fully saturated rings. The fourth-order valence-electron chi connectivity index (χ4n) is 1.56. The van der Waals surface area contributed by atoms with E-state index in [2.05, 4.69) is 42.0 Å². The molecule has 1 aromatic carbocycles. The van der Waals surface area contributed by atoms with Gasteiger partial charge in [-0.3, -0.25) is 0 Å². The Morgan fingerprint density at radius 2 is 2.19 bits per heavy atom. The fraction of sp³-hybridized carbons (Fsp3) is 0.143. The van der Waals surface area contributed by atoms with E-state index in [0.29, 0.717) is 0 Å². The summed E-state index contributed by atoms with van der Waals surface area (Å²) in [6.07, 6.45) is 2.19. The summed E-state index contributed by atoms with van der Waals surface area (Å²) in [7, 11) is 1.69. The Kier molecular flexibility index (Phi) is 3.42. The first-order valence-corrected chi connectivity index (χ1v) is 6.09. The number of allylic oxidation sites excluding steroid dienone is 1. The third kappa shape index (κ3) is 2.52. The second-order valence-corrected chi connectivity index (χ2v) is 4.40. The van der Waals surface area contributed by atoms with E-state index in [-0.39, 0.29) is 0 Å². The molecule has 0 aliphatic heterocycles. The van der Waals surface area contributed by atoms with Crippen LogP contribution in [0.15, 0.2) is 41.1 Å². The van der Waals surface area contributed by atoms with Crippen LogP contribution in [0, 0.1) is 0 Å². The number of hydrogen-bond acceptors (Lipinski definition) is 2. The molecule has 0 amide bonds. The van der Waals surface area contributed by atoms with Gasteiger partial charge < -0.3 is 4.74 Å². The van der Waals surface area contributed by atoms with Crippen LogP contribution in [-0.2, 0) is 0 Å². The smallest absolute Gasteiger partial charge is 0.119 e. The third-order valence-corrected chi connectivity index (χ3v) is 3.15. The van der Waals surface area contributed by atoms with Gasteiger partial charge in [0.1, 0.15) is 5.75 Å². The molecule has 0 saturated carbocycles. The zero-order valence-electron chi connectivity index (χ0n) is 9.44. The summed E-state index contributed by atoms with van der Waals surface area (Å²) in [4.78, 5) is 0. The Morgan fingerprint density at radius 3 is 2.88 bits per heavy atom. The molecule has 0 aliphatic rings. The van der Waals surface area contributed by atoms with E-state index in [1.807, 2.05) is 12.1 Å². The van der Waals surface area contributed by atoms with Crippen molar-refractivity contribution < 1.29 is 4.74 Å². The highest BCUT2D eigenvalue weighted by Crippen LogP contribution is 2.22. The van der Waals surface area contributed by atoms with Crippen LogP contribution < -0.4 is 4.74 Å². The molecule has 2 heteroatoms. The van der Waals surface area contributed by atoms with Crippen molar-refractivity contribution in [3.63, 3.8) is 0 Å². The normalized spacial score (nSPS) is 11.5. The lowest BCUT2D eigenvalue weighted by molar-refractivity contribution is 0.414. The van der Waals surface area contributed by atoms with E-state index in [1.165, 1.54) is 16.7 Å². The minimum atomic E-state index is 0.899. The van der Waals surface area contributed by atoms with Crippen molar-refractivity contribution in [1.29, 1.82) is 0 Å². The van der Waals surface area contributed by atoms with Gasteiger partial charge in [-0.05, 0) is 52.6 Å². The molecule has 2 rings (SSSR count). The Morgan fingerprint density at radius 1 is 1.31 bits per heavy atom. The molecule has 1 nitrogen and oxygen atoms in total. The maximum absolute atomic E-state index is 5.22. The molecule has 1 heterocycles. The molecule has 0 N–H and O–H groups in total. The predicted molar refractivity (Wildman–Crippen MR) is 70.9 cm³/mol. The van der Waals surface area contributed by atoms with Crippen LogP contribution in [0.1, 0.15) is 18.1 Å². The number of methoxy groups -OCH3 is 1. The van der Waals surface area contributed by atoms with Crippen molar-refractivity contribution in [2.45, 2.75) is 6.92 Å². The largest absolute Gasteiger partial charge is 0.497 e. The summed E-state index contributed by atoms with van der Waals surface area (Å²) in [6.45, 7) is 2.12. The third-order valence-electron chi connectivity index (χ3n) is 2.45. The van der Waals surface area contributed by atoms with Crippen molar-refractivity contribution in [2.24, 2.45) is 0 Å². The van der Waals surface area contributed by atoms with Gasteiger partial charge in [0.05, 0.1) is 7.11 Å². The molecule has 16 heavy (non-hydrogen) atoms. The lowest BCUT2D eigenvalue weighted by Gasteiger charge is -2.04. The predicted octanol–water partition coefficient (Wildman–Crippen LogP) is 4.32. The van der Waals surface area contributed by atoms with Gasteiger partial charge in [0, 0.05) is 0 Å². The van der Waals surface area contributed by atoms with Gasteiger partial charge in [-0.15, -0.1) is 0 Å². The van der Waals surface area contributed by atoms with E-state index in [4.69, 9.17) is 4.74 Å². The van der Waals surface area contributed by atoms with Crippen molar-refractivity contribution in [3.8, 4) is 5.75 Å². The fourth-order valence-corrected chi connectivity index (χ4v) is 2.18. The van der Waals surface area contributed by atoms with Crippen molar-refractivity contribution in [1.82, 2.24) is 0 Å². The van der Waals surface area contributed by atoms with Crippen LogP contribution in [0.25, 0.3) is 11.6 Å². The molecule has 82 valence electrons. The second-order valence-electron chi connectivity index (χ2n) is 3.62. The van der Waals surface area contributed by atoms with Crippen LogP contribution in [-0.4, -0.2) is 7.11 Å². The number of ether oxygens (including phenoxy) is 1. The summed E-state index contributed by atoms with van der Waals surface area (Å²) < 4.78 is 5.22. The maximum atomic E-state index is 5.22. The first-order chi connectivity index (χ1) is 7.79. The second kappa shape index (κ2) is 4.99. The molecule has 0 aliphatic carbocycles. The van der Waals surface area contributed by atoms with Crippen LogP contribution in [0.2, 0.25) is 0 Å². The summed E-state index contributed by atoms with van der Waals surface area (Å²) in [5, 5.41) is 4.23. The van der Waals surface area contributed by atoms with E-state index in [1.54, 1.807) is 18.4 Å². The van der Waals surface area contributed by atoms with Crippen LogP contribution in [0.3, 0.4) is 0 Å². The lowest BCUT2D eigenvalue weighted by Crippen LogP contribution is -1.84. The lowest BCUT2D eigenvalue weighted by atomic mass is 10.1. The average molecular weight is 230 g/mol. The zero-order valence-corrected chi connectivity index (χ0v) is 10.3. The minimum absolute atomic E-state index is 0.899. The first kappa shape index (κ1) is 11.0. The number of benzene rings is 1. The molecule has 0 bridgehead atoms. The Bertz CT molecular complexity index is 483.